The molecule has 0 unspecified atom stereocenters. The van der Waals surface area contributed by atoms with Gasteiger partial charge in [-0.1, -0.05) is 30.3 Å². The summed E-state index contributed by atoms with van der Waals surface area (Å²) >= 11 is 0. The van der Waals surface area contributed by atoms with Gasteiger partial charge in [0.05, 0.1) is 12.2 Å². The highest BCUT2D eigenvalue weighted by molar-refractivity contribution is 5.94. The Balaban J connectivity index is 1.30. The van der Waals surface area contributed by atoms with E-state index in [4.69, 9.17) is 0 Å². The first kappa shape index (κ1) is 22.7. The fourth-order valence-electron chi connectivity index (χ4n) is 4.34. The van der Waals surface area contributed by atoms with Crippen LogP contribution in [0.3, 0.4) is 0 Å². The van der Waals surface area contributed by atoms with Crippen LogP contribution in [0.2, 0.25) is 0 Å². The predicted octanol–water partition coefficient (Wildman–Crippen LogP) is 3.86. The predicted molar refractivity (Wildman–Crippen MR) is 124 cm³/mol. The molecule has 0 aliphatic carbocycles. The van der Waals surface area contributed by atoms with E-state index in [1.807, 2.05) is 36.7 Å². The van der Waals surface area contributed by atoms with Gasteiger partial charge in [-0.05, 0) is 56.5 Å². The van der Waals surface area contributed by atoms with Gasteiger partial charge in [-0.25, -0.2) is 4.39 Å². The van der Waals surface area contributed by atoms with E-state index in [-0.39, 0.29) is 23.5 Å². The number of amides is 2. The molecule has 3 aromatic rings. The monoisotopic (exact) mass is 448 g/mol. The largest absolute Gasteiger partial charge is 0.352 e. The quantitative estimate of drug-likeness (QED) is 0.623. The number of carbonyl (C=O) groups excluding carboxylic acids is 2. The van der Waals surface area contributed by atoms with Crippen molar-refractivity contribution >= 4 is 11.8 Å². The number of benzene rings is 2. The first-order chi connectivity index (χ1) is 15.9. The van der Waals surface area contributed by atoms with Gasteiger partial charge >= 0.3 is 0 Å². The Bertz CT molecular complexity index is 1120. The fourth-order valence-corrected chi connectivity index (χ4v) is 4.34. The van der Waals surface area contributed by atoms with Crippen molar-refractivity contribution in [1.82, 2.24) is 20.0 Å². The molecular weight excluding hydrogens is 419 g/mol. The van der Waals surface area contributed by atoms with Crippen molar-refractivity contribution in [2.24, 2.45) is 5.92 Å². The van der Waals surface area contributed by atoms with Gasteiger partial charge < -0.3 is 10.2 Å². The van der Waals surface area contributed by atoms with Crippen molar-refractivity contribution in [2.45, 2.75) is 39.8 Å². The Kier molecular flexibility index (Phi) is 6.87. The van der Waals surface area contributed by atoms with Crippen LogP contribution >= 0.6 is 0 Å². The number of carbonyl (C=O) groups is 2. The lowest BCUT2D eigenvalue weighted by Crippen LogP contribution is -2.43. The van der Waals surface area contributed by atoms with Crippen LogP contribution in [0.4, 0.5) is 4.39 Å². The van der Waals surface area contributed by atoms with Crippen LogP contribution in [0, 0.1) is 25.6 Å². The number of hydrogen-bond donors (Lipinski definition) is 1. The van der Waals surface area contributed by atoms with Crippen LogP contribution in [0.25, 0.3) is 0 Å². The second-order valence-corrected chi connectivity index (χ2v) is 8.58. The Hall–Kier alpha value is -3.48. The summed E-state index contributed by atoms with van der Waals surface area (Å²) in [7, 11) is 0. The van der Waals surface area contributed by atoms with Gasteiger partial charge in [0.25, 0.3) is 5.91 Å². The third kappa shape index (κ3) is 5.30. The molecular formula is C26H29FN4O2. The highest BCUT2D eigenvalue weighted by Crippen LogP contribution is 2.21. The SMILES string of the molecule is Cc1nn(Cc2ccccc2)c(C)c1CNC(=O)C1CCN(C(=O)c2ccc(F)cc2)CC1. The fraction of sp³-hybridized carbons (Fsp3) is 0.346. The molecule has 7 heteroatoms. The molecule has 0 spiro atoms. The van der Waals surface area contributed by atoms with Crippen molar-refractivity contribution in [3.63, 3.8) is 0 Å². The number of likely N-dealkylation sites (tertiary alicyclic amines) is 1. The molecule has 4 rings (SSSR count). The van der Waals surface area contributed by atoms with E-state index < -0.39 is 0 Å². The number of piperidine rings is 1. The number of nitrogens with one attached hydrogen (secondary N) is 1. The Morgan fingerprint density at radius 3 is 2.36 bits per heavy atom. The Labute approximate surface area is 193 Å². The highest BCUT2D eigenvalue weighted by atomic mass is 19.1. The van der Waals surface area contributed by atoms with Crippen molar-refractivity contribution in [1.29, 1.82) is 0 Å². The number of aryl methyl sites for hydroxylation is 1. The molecule has 1 fully saturated rings. The standard InChI is InChI=1S/C26H29FN4O2/c1-18-24(19(2)31(29-18)17-20-6-4-3-5-7-20)16-28-25(32)21-12-14-30(15-13-21)26(33)22-8-10-23(27)11-9-22/h3-11,21H,12-17H2,1-2H3,(H,28,32). The number of rotatable bonds is 6. The number of hydrogen-bond acceptors (Lipinski definition) is 3. The van der Waals surface area contributed by atoms with E-state index in [2.05, 4.69) is 22.5 Å². The number of halogens is 1. The highest BCUT2D eigenvalue weighted by Gasteiger charge is 2.28. The summed E-state index contributed by atoms with van der Waals surface area (Å²) in [5, 5.41) is 7.73. The molecule has 1 aliphatic heterocycles. The summed E-state index contributed by atoms with van der Waals surface area (Å²) in [6, 6.07) is 15.8. The molecule has 0 atom stereocenters. The average molecular weight is 449 g/mol. The minimum atomic E-state index is -0.363. The summed E-state index contributed by atoms with van der Waals surface area (Å²) < 4.78 is 15.1. The van der Waals surface area contributed by atoms with E-state index in [1.54, 1.807) is 4.90 Å². The molecule has 33 heavy (non-hydrogen) atoms. The maximum Gasteiger partial charge on any atom is 0.253 e. The first-order valence-corrected chi connectivity index (χ1v) is 11.3. The Morgan fingerprint density at radius 2 is 1.70 bits per heavy atom. The maximum atomic E-state index is 13.1. The molecule has 2 aromatic carbocycles. The molecule has 1 saturated heterocycles. The van der Waals surface area contributed by atoms with E-state index in [0.29, 0.717) is 44.6 Å². The topological polar surface area (TPSA) is 67.2 Å². The van der Waals surface area contributed by atoms with Gasteiger partial charge in [-0.2, -0.15) is 5.10 Å². The maximum absolute atomic E-state index is 13.1. The molecule has 1 N–H and O–H groups in total. The van der Waals surface area contributed by atoms with Crippen molar-refractivity contribution in [2.75, 3.05) is 13.1 Å². The van der Waals surface area contributed by atoms with Gasteiger partial charge in [-0.15, -0.1) is 0 Å². The lowest BCUT2D eigenvalue weighted by molar-refractivity contribution is -0.126. The van der Waals surface area contributed by atoms with E-state index in [9.17, 15) is 14.0 Å². The molecule has 1 aliphatic rings. The summed E-state index contributed by atoms with van der Waals surface area (Å²) in [5.41, 5.74) is 4.67. The van der Waals surface area contributed by atoms with Crippen LogP contribution in [0.5, 0.6) is 0 Å². The molecule has 1 aromatic heterocycles. The smallest absolute Gasteiger partial charge is 0.253 e. The van der Waals surface area contributed by atoms with E-state index in [1.165, 1.54) is 29.8 Å². The summed E-state index contributed by atoms with van der Waals surface area (Å²) in [6.07, 6.45) is 1.23. The minimum absolute atomic E-state index is 0.0125. The third-order valence-corrected chi connectivity index (χ3v) is 6.39. The average Bonchev–Trinajstić information content (AvgIpc) is 3.10. The first-order valence-electron chi connectivity index (χ1n) is 11.3. The molecule has 172 valence electrons. The molecule has 0 saturated carbocycles. The summed E-state index contributed by atoms with van der Waals surface area (Å²) in [4.78, 5) is 27.1. The molecule has 2 amide bonds. The van der Waals surface area contributed by atoms with Crippen molar-refractivity contribution < 1.29 is 14.0 Å². The van der Waals surface area contributed by atoms with Crippen LogP contribution in [-0.4, -0.2) is 39.6 Å². The van der Waals surface area contributed by atoms with Gasteiger partial charge in [0.15, 0.2) is 0 Å². The zero-order chi connectivity index (χ0) is 23.4. The van der Waals surface area contributed by atoms with Gasteiger partial charge in [0, 0.05) is 42.4 Å². The zero-order valence-corrected chi connectivity index (χ0v) is 19.1. The summed E-state index contributed by atoms with van der Waals surface area (Å²) in [5.74, 6) is -0.593. The van der Waals surface area contributed by atoms with Crippen LogP contribution in [-0.2, 0) is 17.9 Å². The minimum Gasteiger partial charge on any atom is -0.352 e. The second-order valence-electron chi connectivity index (χ2n) is 8.58. The molecule has 6 nitrogen and oxygen atoms in total. The summed E-state index contributed by atoms with van der Waals surface area (Å²) in [6.45, 7) is 6.17. The lowest BCUT2D eigenvalue weighted by Gasteiger charge is -2.31. The van der Waals surface area contributed by atoms with Gasteiger partial charge in [0.2, 0.25) is 5.91 Å². The second kappa shape index (κ2) is 9.98. The molecule has 2 heterocycles. The van der Waals surface area contributed by atoms with Crippen molar-refractivity contribution in [3.05, 3.63) is 88.5 Å². The van der Waals surface area contributed by atoms with Gasteiger partial charge in [-0.3, -0.25) is 14.3 Å². The lowest BCUT2D eigenvalue weighted by atomic mass is 9.95. The third-order valence-electron chi connectivity index (χ3n) is 6.39. The normalized spacial score (nSPS) is 14.3. The molecule has 0 radical (unpaired) electrons. The van der Waals surface area contributed by atoms with E-state index in [0.717, 1.165) is 17.0 Å². The Morgan fingerprint density at radius 1 is 1.03 bits per heavy atom. The zero-order valence-electron chi connectivity index (χ0n) is 19.1. The van der Waals surface area contributed by atoms with Gasteiger partial charge in [0.1, 0.15) is 5.82 Å². The molecule has 0 bridgehead atoms. The van der Waals surface area contributed by atoms with Crippen LogP contribution in [0.15, 0.2) is 54.6 Å². The van der Waals surface area contributed by atoms with Crippen LogP contribution < -0.4 is 5.32 Å². The van der Waals surface area contributed by atoms with E-state index >= 15 is 0 Å². The number of aromatic nitrogens is 2. The van der Waals surface area contributed by atoms with Crippen molar-refractivity contribution in [3.8, 4) is 0 Å². The van der Waals surface area contributed by atoms with Crippen LogP contribution in [0.1, 0.15) is 45.7 Å². The number of nitrogens with zero attached hydrogens (tertiary/aromatic N) is 3.